The molecule has 4 rings (SSSR count). The van der Waals surface area contributed by atoms with Crippen LogP contribution in [0, 0.1) is 0 Å². The van der Waals surface area contributed by atoms with Gasteiger partial charge in [0.15, 0.2) is 0 Å². The summed E-state index contributed by atoms with van der Waals surface area (Å²) < 4.78 is 5.47. The topological polar surface area (TPSA) is 65.8 Å². The first-order chi connectivity index (χ1) is 14.7. The van der Waals surface area contributed by atoms with E-state index in [2.05, 4.69) is 5.32 Å². The van der Waals surface area contributed by atoms with Crippen molar-refractivity contribution < 1.29 is 14.0 Å². The van der Waals surface area contributed by atoms with Gasteiger partial charge in [0.05, 0.1) is 19.4 Å². The number of anilines is 2. The molecule has 1 saturated heterocycles. The number of furan rings is 1. The zero-order valence-corrected chi connectivity index (χ0v) is 16.8. The van der Waals surface area contributed by atoms with Gasteiger partial charge >= 0.3 is 0 Å². The molecule has 0 bridgehead atoms. The number of hydrogen-bond donors (Lipinski definition) is 1. The highest BCUT2D eigenvalue weighted by Crippen LogP contribution is 2.23. The van der Waals surface area contributed by atoms with E-state index in [1.807, 2.05) is 71.6 Å². The fourth-order valence-corrected chi connectivity index (χ4v) is 3.68. The number of amides is 2. The maximum Gasteiger partial charge on any atom is 0.238 e. The van der Waals surface area contributed by atoms with Crippen molar-refractivity contribution in [2.24, 2.45) is 0 Å². The molecule has 0 unspecified atom stereocenters. The molecule has 2 heterocycles. The Kier molecular flexibility index (Phi) is 6.25. The molecule has 0 radical (unpaired) electrons. The van der Waals surface area contributed by atoms with Crippen LogP contribution in [-0.4, -0.2) is 29.8 Å². The van der Waals surface area contributed by atoms with Crippen LogP contribution in [0.3, 0.4) is 0 Å². The second-order valence-electron chi connectivity index (χ2n) is 7.45. The van der Waals surface area contributed by atoms with Crippen LogP contribution >= 0.6 is 0 Å². The molecule has 2 aromatic carbocycles. The van der Waals surface area contributed by atoms with Gasteiger partial charge in [-0.3, -0.25) is 14.5 Å². The minimum Gasteiger partial charge on any atom is -0.468 e. The largest absolute Gasteiger partial charge is 0.468 e. The predicted octanol–water partition coefficient (Wildman–Crippen LogP) is 4.05. The summed E-state index contributed by atoms with van der Waals surface area (Å²) in [5.74, 6) is 0.877. The Labute approximate surface area is 176 Å². The third-order valence-corrected chi connectivity index (χ3v) is 5.11. The maximum atomic E-state index is 12.7. The predicted molar refractivity (Wildman–Crippen MR) is 116 cm³/mol. The van der Waals surface area contributed by atoms with Gasteiger partial charge in [-0.1, -0.05) is 30.3 Å². The molecule has 0 atom stereocenters. The summed E-state index contributed by atoms with van der Waals surface area (Å²) in [6.07, 6.45) is 3.14. The van der Waals surface area contributed by atoms with Gasteiger partial charge in [-0.15, -0.1) is 0 Å². The molecule has 1 fully saturated rings. The molecule has 1 aromatic heterocycles. The van der Waals surface area contributed by atoms with E-state index >= 15 is 0 Å². The summed E-state index contributed by atoms with van der Waals surface area (Å²) in [5, 5.41) is 2.95. The second kappa shape index (κ2) is 9.41. The highest BCUT2D eigenvalue weighted by atomic mass is 16.3. The van der Waals surface area contributed by atoms with Crippen LogP contribution in [0.15, 0.2) is 77.4 Å². The first-order valence-corrected chi connectivity index (χ1v) is 10.2. The first kappa shape index (κ1) is 19.9. The average molecular weight is 403 g/mol. The third-order valence-electron chi connectivity index (χ3n) is 5.11. The molecule has 3 aromatic rings. The zero-order chi connectivity index (χ0) is 20.8. The fraction of sp³-hybridized carbons (Fsp3) is 0.250. The van der Waals surface area contributed by atoms with Gasteiger partial charge in [0.1, 0.15) is 5.76 Å². The SMILES string of the molecule is O=C(CN(Cc1ccccc1)Cc1ccco1)Nc1ccc(N2CCCC2=O)cc1. The summed E-state index contributed by atoms with van der Waals surface area (Å²) >= 11 is 0. The Morgan fingerprint density at radius 2 is 1.80 bits per heavy atom. The van der Waals surface area contributed by atoms with Gasteiger partial charge < -0.3 is 14.6 Å². The molecule has 1 aliphatic rings. The van der Waals surface area contributed by atoms with Crippen molar-refractivity contribution in [2.75, 3.05) is 23.3 Å². The van der Waals surface area contributed by atoms with Crippen molar-refractivity contribution in [2.45, 2.75) is 25.9 Å². The van der Waals surface area contributed by atoms with Gasteiger partial charge in [0.2, 0.25) is 11.8 Å². The monoisotopic (exact) mass is 403 g/mol. The van der Waals surface area contributed by atoms with Gasteiger partial charge in [0.25, 0.3) is 0 Å². The molecule has 0 aliphatic carbocycles. The molecule has 6 nitrogen and oxygen atoms in total. The zero-order valence-electron chi connectivity index (χ0n) is 16.8. The molecule has 0 spiro atoms. The first-order valence-electron chi connectivity index (χ1n) is 10.2. The van der Waals surface area contributed by atoms with Crippen molar-refractivity contribution in [3.8, 4) is 0 Å². The smallest absolute Gasteiger partial charge is 0.238 e. The molecule has 6 heteroatoms. The van der Waals surface area contributed by atoms with E-state index in [0.717, 1.165) is 30.0 Å². The Bertz CT molecular complexity index is 969. The Morgan fingerprint density at radius 1 is 1.00 bits per heavy atom. The fourth-order valence-electron chi connectivity index (χ4n) is 3.68. The number of carbonyl (C=O) groups is 2. The van der Waals surface area contributed by atoms with Gasteiger partial charge in [-0.25, -0.2) is 0 Å². The number of nitrogens with zero attached hydrogens (tertiary/aromatic N) is 2. The molecule has 154 valence electrons. The minimum atomic E-state index is -0.0949. The summed E-state index contributed by atoms with van der Waals surface area (Å²) in [5.41, 5.74) is 2.73. The van der Waals surface area contributed by atoms with E-state index in [1.54, 1.807) is 11.2 Å². The van der Waals surface area contributed by atoms with E-state index in [0.29, 0.717) is 25.2 Å². The van der Waals surface area contributed by atoms with E-state index in [4.69, 9.17) is 4.42 Å². The lowest BCUT2D eigenvalue weighted by molar-refractivity contribution is -0.118. The molecular formula is C24H25N3O3. The van der Waals surface area contributed by atoms with Crippen LogP contribution < -0.4 is 10.2 Å². The second-order valence-corrected chi connectivity index (χ2v) is 7.45. The van der Waals surface area contributed by atoms with E-state index < -0.39 is 0 Å². The lowest BCUT2D eigenvalue weighted by atomic mass is 10.2. The van der Waals surface area contributed by atoms with Crippen LogP contribution in [0.1, 0.15) is 24.2 Å². The van der Waals surface area contributed by atoms with E-state index in [9.17, 15) is 9.59 Å². The highest BCUT2D eigenvalue weighted by molar-refractivity contribution is 5.96. The number of rotatable bonds is 8. The van der Waals surface area contributed by atoms with E-state index in [1.165, 1.54) is 0 Å². The lowest BCUT2D eigenvalue weighted by Gasteiger charge is -2.21. The summed E-state index contributed by atoms with van der Waals surface area (Å²) in [6, 6.07) is 21.3. The van der Waals surface area contributed by atoms with Crippen molar-refractivity contribution in [1.29, 1.82) is 0 Å². The molecule has 0 saturated carbocycles. The van der Waals surface area contributed by atoms with Crippen LogP contribution in [0.25, 0.3) is 0 Å². The number of nitrogens with one attached hydrogen (secondary N) is 1. The maximum absolute atomic E-state index is 12.7. The molecule has 1 aliphatic heterocycles. The Morgan fingerprint density at radius 3 is 2.47 bits per heavy atom. The summed E-state index contributed by atoms with van der Waals surface area (Å²) in [4.78, 5) is 28.4. The number of hydrogen-bond acceptors (Lipinski definition) is 4. The molecular weight excluding hydrogens is 378 g/mol. The molecule has 2 amide bonds. The van der Waals surface area contributed by atoms with Gasteiger partial charge in [-0.2, -0.15) is 0 Å². The standard InChI is InChI=1S/C24H25N3O3/c28-23(25-20-10-12-21(13-11-20)27-14-4-9-24(27)29)18-26(17-22-8-5-15-30-22)16-19-6-2-1-3-7-19/h1-3,5-8,10-13,15H,4,9,14,16-18H2,(H,25,28). The van der Waals surface area contributed by atoms with Crippen LogP contribution in [-0.2, 0) is 22.7 Å². The third kappa shape index (κ3) is 5.15. The normalized spacial score (nSPS) is 13.8. The van der Waals surface area contributed by atoms with Crippen molar-refractivity contribution in [3.63, 3.8) is 0 Å². The van der Waals surface area contributed by atoms with Crippen molar-refractivity contribution in [3.05, 3.63) is 84.3 Å². The lowest BCUT2D eigenvalue weighted by Crippen LogP contribution is -2.32. The minimum absolute atomic E-state index is 0.0949. The highest BCUT2D eigenvalue weighted by Gasteiger charge is 2.21. The number of carbonyl (C=O) groups excluding carboxylic acids is 2. The number of benzene rings is 2. The summed E-state index contributed by atoms with van der Waals surface area (Å²) in [7, 11) is 0. The van der Waals surface area contributed by atoms with Crippen LogP contribution in [0.5, 0.6) is 0 Å². The molecule has 30 heavy (non-hydrogen) atoms. The van der Waals surface area contributed by atoms with E-state index in [-0.39, 0.29) is 18.4 Å². The quantitative estimate of drug-likeness (QED) is 0.616. The summed E-state index contributed by atoms with van der Waals surface area (Å²) in [6.45, 7) is 2.18. The van der Waals surface area contributed by atoms with Crippen LogP contribution in [0.2, 0.25) is 0 Å². The van der Waals surface area contributed by atoms with Crippen molar-refractivity contribution >= 4 is 23.2 Å². The van der Waals surface area contributed by atoms with Gasteiger partial charge in [0, 0.05) is 30.9 Å². The average Bonchev–Trinajstić information content (AvgIpc) is 3.41. The van der Waals surface area contributed by atoms with Gasteiger partial charge in [-0.05, 0) is 48.4 Å². The molecule has 1 N–H and O–H groups in total. The van der Waals surface area contributed by atoms with Crippen molar-refractivity contribution in [1.82, 2.24) is 4.90 Å². The Balaban J connectivity index is 1.38. The van der Waals surface area contributed by atoms with Crippen LogP contribution in [0.4, 0.5) is 11.4 Å². The Hall–Kier alpha value is -3.38.